The predicted molar refractivity (Wildman–Crippen MR) is 89.6 cm³/mol. The number of rotatable bonds is 5. The van der Waals surface area contributed by atoms with Gasteiger partial charge in [0.15, 0.2) is 17.6 Å². The van der Waals surface area contributed by atoms with Gasteiger partial charge in [0, 0.05) is 19.4 Å². The molecule has 3 rings (SSSR count). The number of nitrogens with zero attached hydrogens (tertiary/aromatic N) is 3. The first-order valence-corrected chi connectivity index (χ1v) is 7.88. The Labute approximate surface area is 137 Å². The Balaban J connectivity index is 1.64. The summed E-state index contributed by atoms with van der Waals surface area (Å²) < 4.78 is 7.34. The Bertz CT molecular complexity index is 811. The summed E-state index contributed by atoms with van der Waals surface area (Å²) in [5.41, 5.74) is 0.837. The Morgan fingerprint density at radius 2 is 2.13 bits per heavy atom. The quantitative estimate of drug-likeness (QED) is 0.782. The van der Waals surface area contributed by atoms with Gasteiger partial charge in [-0.2, -0.15) is 0 Å². The molecule has 6 nitrogen and oxygen atoms in total. The molecule has 7 heteroatoms. The molecule has 1 aromatic carbocycles. The van der Waals surface area contributed by atoms with Crippen molar-refractivity contribution in [2.45, 2.75) is 6.92 Å². The number of ether oxygens (including phenoxy) is 1. The van der Waals surface area contributed by atoms with Crippen LogP contribution in [-0.2, 0) is 11.8 Å². The zero-order chi connectivity index (χ0) is 16.2. The largest absolute Gasteiger partial charge is 0.484 e. The molecule has 0 aliphatic heterocycles. The number of aryl methyl sites for hydroxylation is 2. The first-order valence-electron chi connectivity index (χ1n) is 7.06. The first kappa shape index (κ1) is 15.2. The van der Waals surface area contributed by atoms with E-state index >= 15 is 0 Å². The maximum Gasteiger partial charge on any atom is 0.264 e. The lowest BCUT2D eigenvalue weighted by Gasteiger charge is -2.05. The fourth-order valence-corrected chi connectivity index (χ4v) is 3.08. The van der Waals surface area contributed by atoms with Gasteiger partial charge in [0.1, 0.15) is 5.75 Å². The average Bonchev–Trinajstić information content (AvgIpc) is 3.11. The van der Waals surface area contributed by atoms with Gasteiger partial charge in [0.05, 0.1) is 10.6 Å². The SMILES string of the molecule is Cc1nc(NC(=O)COc2ccccc2)sc1-c1nccn1C. The highest BCUT2D eigenvalue weighted by Gasteiger charge is 2.15. The van der Waals surface area contributed by atoms with E-state index in [9.17, 15) is 4.79 Å². The van der Waals surface area contributed by atoms with E-state index in [1.54, 1.807) is 18.3 Å². The van der Waals surface area contributed by atoms with Gasteiger partial charge in [0.25, 0.3) is 5.91 Å². The number of carbonyl (C=O) groups excluding carboxylic acids is 1. The summed E-state index contributed by atoms with van der Waals surface area (Å²) in [6.45, 7) is 1.84. The van der Waals surface area contributed by atoms with Crippen molar-refractivity contribution < 1.29 is 9.53 Å². The van der Waals surface area contributed by atoms with Gasteiger partial charge in [-0.05, 0) is 19.1 Å². The normalized spacial score (nSPS) is 10.5. The van der Waals surface area contributed by atoms with Gasteiger partial charge < -0.3 is 9.30 Å². The monoisotopic (exact) mass is 328 g/mol. The molecule has 0 fully saturated rings. The molecule has 0 radical (unpaired) electrons. The number of benzene rings is 1. The number of hydrogen-bond donors (Lipinski definition) is 1. The van der Waals surface area contributed by atoms with E-state index in [1.165, 1.54) is 11.3 Å². The summed E-state index contributed by atoms with van der Waals surface area (Å²) in [6.07, 6.45) is 3.61. The van der Waals surface area contributed by atoms with Gasteiger partial charge >= 0.3 is 0 Å². The summed E-state index contributed by atoms with van der Waals surface area (Å²) in [5, 5.41) is 3.30. The van der Waals surface area contributed by atoms with Crippen molar-refractivity contribution in [1.82, 2.24) is 14.5 Å². The lowest BCUT2D eigenvalue weighted by atomic mass is 10.3. The van der Waals surface area contributed by atoms with Gasteiger partial charge in [-0.15, -0.1) is 0 Å². The van der Waals surface area contributed by atoms with Crippen molar-refractivity contribution in [2.75, 3.05) is 11.9 Å². The number of thiazole rings is 1. The van der Waals surface area contributed by atoms with Crippen LogP contribution in [0.4, 0.5) is 5.13 Å². The maximum atomic E-state index is 12.0. The second-order valence-corrected chi connectivity index (χ2v) is 5.94. The molecule has 0 bridgehead atoms. The minimum absolute atomic E-state index is 0.0552. The summed E-state index contributed by atoms with van der Waals surface area (Å²) in [4.78, 5) is 21.6. The van der Waals surface area contributed by atoms with E-state index in [1.807, 2.05) is 42.9 Å². The standard InChI is InChI=1S/C16H16N4O2S/c1-11-14(15-17-8-9-20(15)2)23-16(18-11)19-13(21)10-22-12-6-4-3-5-7-12/h3-9H,10H2,1-2H3,(H,18,19,21). The van der Waals surface area contributed by atoms with Crippen LogP contribution in [0.2, 0.25) is 0 Å². The van der Waals surface area contributed by atoms with Crippen molar-refractivity contribution in [3.05, 3.63) is 48.4 Å². The highest BCUT2D eigenvalue weighted by atomic mass is 32.1. The third-order valence-corrected chi connectivity index (χ3v) is 4.25. The van der Waals surface area contributed by atoms with Crippen molar-refractivity contribution in [1.29, 1.82) is 0 Å². The number of nitrogens with one attached hydrogen (secondary N) is 1. The van der Waals surface area contributed by atoms with E-state index in [0.717, 1.165) is 16.4 Å². The smallest absolute Gasteiger partial charge is 0.264 e. The second-order valence-electron chi connectivity index (χ2n) is 4.95. The third kappa shape index (κ3) is 3.57. The lowest BCUT2D eigenvalue weighted by Crippen LogP contribution is -2.20. The molecule has 1 amide bonds. The van der Waals surface area contributed by atoms with E-state index in [2.05, 4.69) is 15.3 Å². The van der Waals surface area contributed by atoms with Crippen LogP contribution in [0, 0.1) is 6.92 Å². The van der Waals surface area contributed by atoms with Crippen LogP contribution < -0.4 is 10.1 Å². The Morgan fingerprint density at radius 1 is 1.35 bits per heavy atom. The maximum absolute atomic E-state index is 12.0. The molecule has 0 spiro atoms. The molecule has 118 valence electrons. The predicted octanol–water partition coefficient (Wildman–Crippen LogP) is 2.87. The molecule has 0 unspecified atom stereocenters. The van der Waals surface area contributed by atoms with E-state index < -0.39 is 0 Å². The Hall–Kier alpha value is -2.67. The van der Waals surface area contributed by atoms with Crippen LogP contribution in [0.1, 0.15) is 5.69 Å². The summed E-state index contributed by atoms with van der Waals surface area (Å²) in [6, 6.07) is 9.22. The molecule has 2 heterocycles. The highest BCUT2D eigenvalue weighted by molar-refractivity contribution is 7.19. The van der Waals surface area contributed by atoms with Crippen LogP contribution in [0.25, 0.3) is 10.7 Å². The van der Waals surface area contributed by atoms with Gasteiger partial charge in [-0.25, -0.2) is 9.97 Å². The number of amides is 1. The topological polar surface area (TPSA) is 69.0 Å². The fourth-order valence-electron chi connectivity index (χ4n) is 2.06. The number of imidazole rings is 1. The Kier molecular flexibility index (Phi) is 4.38. The van der Waals surface area contributed by atoms with Gasteiger partial charge in [-0.1, -0.05) is 29.5 Å². The molecule has 23 heavy (non-hydrogen) atoms. The highest BCUT2D eigenvalue weighted by Crippen LogP contribution is 2.31. The number of para-hydroxylation sites is 1. The minimum Gasteiger partial charge on any atom is -0.484 e. The number of anilines is 1. The van der Waals surface area contributed by atoms with Crippen molar-refractivity contribution in [2.24, 2.45) is 7.05 Å². The molecule has 0 saturated heterocycles. The van der Waals surface area contributed by atoms with Crippen LogP contribution in [0.15, 0.2) is 42.7 Å². The summed E-state index contributed by atoms with van der Waals surface area (Å²) in [7, 11) is 1.92. The zero-order valence-electron chi connectivity index (χ0n) is 12.8. The number of aromatic nitrogens is 3. The van der Waals surface area contributed by atoms with Crippen LogP contribution in [0.5, 0.6) is 5.75 Å². The minimum atomic E-state index is -0.242. The van der Waals surface area contributed by atoms with E-state index in [0.29, 0.717) is 10.9 Å². The molecule has 3 aromatic rings. The molecule has 0 aliphatic rings. The van der Waals surface area contributed by atoms with Crippen LogP contribution >= 0.6 is 11.3 Å². The molecule has 1 N–H and O–H groups in total. The average molecular weight is 328 g/mol. The third-order valence-electron chi connectivity index (χ3n) is 3.18. The molecule has 0 saturated carbocycles. The second kappa shape index (κ2) is 6.62. The molecular weight excluding hydrogens is 312 g/mol. The molecule has 0 atom stereocenters. The number of carbonyl (C=O) groups is 1. The van der Waals surface area contributed by atoms with Crippen molar-refractivity contribution >= 4 is 22.4 Å². The van der Waals surface area contributed by atoms with Crippen LogP contribution in [0.3, 0.4) is 0 Å². The molecular formula is C16H16N4O2S. The number of hydrogen-bond acceptors (Lipinski definition) is 5. The Morgan fingerprint density at radius 3 is 2.83 bits per heavy atom. The van der Waals surface area contributed by atoms with Crippen LogP contribution in [-0.4, -0.2) is 27.0 Å². The zero-order valence-corrected chi connectivity index (χ0v) is 13.6. The lowest BCUT2D eigenvalue weighted by molar-refractivity contribution is -0.118. The van der Waals surface area contributed by atoms with Gasteiger partial charge in [0.2, 0.25) is 0 Å². The van der Waals surface area contributed by atoms with Crippen molar-refractivity contribution in [3.63, 3.8) is 0 Å². The summed E-state index contributed by atoms with van der Waals surface area (Å²) in [5.74, 6) is 1.25. The fraction of sp³-hybridized carbons (Fsp3) is 0.188. The first-order chi connectivity index (χ1) is 11.1. The van der Waals surface area contributed by atoms with E-state index in [4.69, 9.17) is 4.74 Å². The molecule has 0 aliphatic carbocycles. The molecule has 2 aromatic heterocycles. The van der Waals surface area contributed by atoms with Crippen molar-refractivity contribution in [3.8, 4) is 16.5 Å². The summed E-state index contributed by atoms with van der Waals surface area (Å²) >= 11 is 1.40. The van der Waals surface area contributed by atoms with Gasteiger partial charge in [-0.3, -0.25) is 10.1 Å². The van der Waals surface area contributed by atoms with E-state index in [-0.39, 0.29) is 12.5 Å².